The van der Waals surface area contributed by atoms with Crippen molar-refractivity contribution in [3.05, 3.63) is 47.0 Å². The summed E-state index contributed by atoms with van der Waals surface area (Å²) in [4.78, 5) is 48.6. The molecule has 2 aromatic rings. The molecule has 0 radical (unpaired) electrons. The average molecular weight is 588 g/mol. The molecule has 10 nitrogen and oxygen atoms in total. The molecule has 0 spiro atoms. The van der Waals surface area contributed by atoms with E-state index < -0.39 is 41.6 Å². The highest BCUT2D eigenvalue weighted by molar-refractivity contribution is 5.98. The highest BCUT2D eigenvalue weighted by atomic mass is 19.1. The lowest BCUT2D eigenvalue weighted by Gasteiger charge is -2.33. The SMILES string of the molecule is CC(C)(C)OC(=O)N1CCC[C@H]1c1ncc(C2CCN(c3c(F)cc(C(=O)COC(=O)[C@@H]4CCCN4)cc3F)CC2)[nH]1. The average Bonchev–Trinajstić information content (AvgIpc) is 3.72. The number of carbonyl (C=O) groups is 3. The molecule has 1 amide bonds. The second-order valence-electron chi connectivity index (χ2n) is 12.3. The number of aromatic amines is 1. The number of anilines is 1. The Morgan fingerprint density at radius 2 is 1.74 bits per heavy atom. The highest BCUT2D eigenvalue weighted by Gasteiger charge is 2.35. The second kappa shape index (κ2) is 12.4. The van der Waals surface area contributed by atoms with Crippen LogP contribution in [0.5, 0.6) is 0 Å². The van der Waals surface area contributed by atoms with Crippen molar-refractivity contribution in [1.29, 1.82) is 0 Å². The van der Waals surface area contributed by atoms with Crippen LogP contribution in [0.15, 0.2) is 18.3 Å². The number of aromatic nitrogens is 2. The number of benzene rings is 1. The number of nitrogens with zero attached hydrogens (tertiary/aromatic N) is 3. The monoisotopic (exact) mass is 587 g/mol. The summed E-state index contributed by atoms with van der Waals surface area (Å²) in [6.45, 7) is 7.11. The van der Waals surface area contributed by atoms with Gasteiger partial charge in [-0.05, 0) is 78.0 Å². The molecule has 3 saturated heterocycles. The summed E-state index contributed by atoms with van der Waals surface area (Å²) in [5.74, 6) is -2.00. The molecule has 0 saturated carbocycles. The van der Waals surface area contributed by atoms with E-state index >= 15 is 8.78 Å². The van der Waals surface area contributed by atoms with Crippen LogP contribution < -0.4 is 10.2 Å². The third-order valence-corrected chi connectivity index (χ3v) is 8.09. The van der Waals surface area contributed by atoms with E-state index in [0.29, 0.717) is 45.4 Å². The molecule has 3 aliphatic heterocycles. The van der Waals surface area contributed by atoms with E-state index in [4.69, 9.17) is 9.47 Å². The lowest BCUT2D eigenvalue weighted by atomic mass is 9.93. The van der Waals surface area contributed by atoms with Gasteiger partial charge in [0.2, 0.25) is 5.78 Å². The number of hydrogen-bond donors (Lipinski definition) is 2. The maximum absolute atomic E-state index is 15.1. The number of nitrogens with one attached hydrogen (secondary N) is 2. The van der Waals surface area contributed by atoms with Crippen LogP contribution in [0, 0.1) is 11.6 Å². The summed E-state index contributed by atoms with van der Waals surface area (Å²) >= 11 is 0. The van der Waals surface area contributed by atoms with Crippen molar-refractivity contribution < 1.29 is 32.6 Å². The normalized spacial score (nSPS) is 21.5. The molecule has 3 fully saturated rings. The number of Topliss-reactive ketones (excluding diaryl/α,β-unsaturated/α-hetero) is 1. The molecule has 0 unspecified atom stereocenters. The molecule has 0 bridgehead atoms. The van der Waals surface area contributed by atoms with E-state index in [9.17, 15) is 14.4 Å². The van der Waals surface area contributed by atoms with Gasteiger partial charge in [-0.25, -0.2) is 18.6 Å². The van der Waals surface area contributed by atoms with Gasteiger partial charge in [-0.1, -0.05) is 0 Å². The van der Waals surface area contributed by atoms with E-state index in [2.05, 4.69) is 15.3 Å². The summed E-state index contributed by atoms with van der Waals surface area (Å²) in [5, 5.41) is 2.99. The Balaban J connectivity index is 1.17. The predicted molar refractivity (Wildman–Crippen MR) is 150 cm³/mol. The molecule has 5 rings (SSSR count). The minimum Gasteiger partial charge on any atom is -0.456 e. The fourth-order valence-electron chi connectivity index (χ4n) is 5.97. The minimum absolute atomic E-state index is 0.120. The third-order valence-electron chi connectivity index (χ3n) is 8.09. The first kappa shape index (κ1) is 29.9. The zero-order valence-electron chi connectivity index (χ0n) is 24.4. The number of halogens is 2. The topological polar surface area (TPSA) is 117 Å². The molecule has 1 aromatic heterocycles. The van der Waals surface area contributed by atoms with Crippen molar-refractivity contribution in [2.75, 3.05) is 37.7 Å². The Hall–Kier alpha value is -3.54. The van der Waals surface area contributed by atoms with Crippen LogP contribution in [0.2, 0.25) is 0 Å². The first-order valence-electron chi connectivity index (χ1n) is 14.7. The maximum Gasteiger partial charge on any atom is 0.410 e. The van der Waals surface area contributed by atoms with E-state index in [-0.39, 0.29) is 29.3 Å². The first-order chi connectivity index (χ1) is 20.0. The smallest absolute Gasteiger partial charge is 0.410 e. The molecule has 2 atom stereocenters. The summed E-state index contributed by atoms with van der Waals surface area (Å²) in [6.07, 6.45) is 5.87. The molecule has 12 heteroatoms. The van der Waals surface area contributed by atoms with Crippen LogP contribution in [-0.4, -0.2) is 77.1 Å². The summed E-state index contributed by atoms with van der Waals surface area (Å²) in [5.41, 5.74) is 0.0161. The molecule has 1 aromatic carbocycles. The fourth-order valence-corrected chi connectivity index (χ4v) is 5.97. The Morgan fingerprint density at radius 3 is 2.38 bits per heavy atom. The maximum atomic E-state index is 15.1. The molecule has 3 aliphatic rings. The van der Waals surface area contributed by atoms with Gasteiger partial charge < -0.3 is 24.7 Å². The number of ketones is 1. The van der Waals surface area contributed by atoms with Crippen LogP contribution in [0.3, 0.4) is 0 Å². The third kappa shape index (κ3) is 6.74. The molecule has 0 aliphatic carbocycles. The van der Waals surface area contributed by atoms with Gasteiger partial charge in [-0.2, -0.15) is 0 Å². The van der Waals surface area contributed by atoms with Crippen molar-refractivity contribution in [2.24, 2.45) is 0 Å². The number of hydrogen-bond acceptors (Lipinski definition) is 8. The van der Waals surface area contributed by atoms with Crippen LogP contribution >= 0.6 is 0 Å². The quantitative estimate of drug-likeness (QED) is 0.356. The summed E-state index contributed by atoms with van der Waals surface area (Å²) in [6, 6.07) is 1.39. The van der Waals surface area contributed by atoms with Gasteiger partial charge in [0.1, 0.15) is 34.8 Å². The molecule has 4 heterocycles. The molecular weight excluding hydrogens is 548 g/mol. The number of amides is 1. The largest absolute Gasteiger partial charge is 0.456 e. The number of piperidine rings is 1. The fraction of sp³-hybridized carbons (Fsp3) is 0.600. The van der Waals surface area contributed by atoms with Crippen molar-refractivity contribution in [3.8, 4) is 0 Å². The zero-order chi connectivity index (χ0) is 30.0. The van der Waals surface area contributed by atoms with E-state index in [1.165, 1.54) is 0 Å². The lowest BCUT2D eigenvalue weighted by Crippen LogP contribution is -2.36. The standard InChI is InChI=1S/C30H39F2N5O5/c1-30(2,3)42-29(40)37-11-5-7-24(37)27-34-16-23(35-27)18-8-12-36(13-9-18)26-20(31)14-19(15-21(26)32)25(38)17-41-28(39)22-6-4-10-33-22/h14-16,18,22,24,33H,4-13,17H2,1-3H3,(H,34,35)/t22-,24-/m0/s1. The Kier molecular flexibility index (Phi) is 8.81. The van der Waals surface area contributed by atoms with Crippen molar-refractivity contribution >= 4 is 23.5 Å². The zero-order valence-corrected chi connectivity index (χ0v) is 24.4. The van der Waals surface area contributed by atoms with Gasteiger partial charge in [-0.15, -0.1) is 0 Å². The molecule has 42 heavy (non-hydrogen) atoms. The van der Waals surface area contributed by atoms with Crippen molar-refractivity contribution in [3.63, 3.8) is 0 Å². The van der Waals surface area contributed by atoms with Crippen LogP contribution in [0.4, 0.5) is 19.3 Å². The van der Waals surface area contributed by atoms with Crippen molar-refractivity contribution in [1.82, 2.24) is 20.2 Å². The number of likely N-dealkylation sites (tertiary alicyclic amines) is 1. The Labute approximate surface area is 244 Å². The predicted octanol–water partition coefficient (Wildman–Crippen LogP) is 4.62. The number of ether oxygens (including phenoxy) is 2. The van der Waals surface area contributed by atoms with Crippen LogP contribution in [0.1, 0.15) is 93.1 Å². The lowest BCUT2D eigenvalue weighted by molar-refractivity contribution is -0.144. The van der Waals surface area contributed by atoms with Gasteiger partial charge in [0.25, 0.3) is 0 Å². The number of imidazole rings is 1. The number of carbonyl (C=O) groups excluding carboxylic acids is 3. The molecular formula is C30H39F2N5O5. The van der Waals surface area contributed by atoms with Gasteiger partial charge in [0.15, 0.2) is 6.61 Å². The van der Waals surface area contributed by atoms with Crippen LogP contribution in [0.25, 0.3) is 0 Å². The van der Waals surface area contributed by atoms with Gasteiger partial charge in [0.05, 0.1) is 6.04 Å². The number of rotatable bonds is 7. The molecule has 2 N–H and O–H groups in total. The van der Waals surface area contributed by atoms with E-state index in [1.54, 1.807) is 16.0 Å². The van der Waals surface area contributed by atoms with E-state index in [1.807, 2.05) is 20.8 Å². The summed E-state index contributed by atoms with van der Waals surface area (Å²) < 4.78 is 40.8. The minimum atomic E-state index is -0.826. The van der Waals surface area contributed by atoms with Gasteiger partial charge in [-0.3, -0.25) is 14.5 Å². The van der Waals surface area contributed by atoms with Gasteiger partial charge >= 0.3 is 12.1 Å². The van der Waals surface area contributed by atoms with Crippen LogP contribution in [-0.2, 0) is 14.3 Å². The van der Waals surface area contributed by atoms with Crippen molar-refractivity contribution in [2.45, 2.75) is 82.9 Å². The molecule has 228 valence electrons. The second-order valence-corrected chi connectivity index (χ2v) is 12.3. The Morgan fingerprint density at radius 1 is 1.02 bits per heavy atom. The van der Waals surface area contributed by atoms with Gasteiger partial charge in [0, 0.05) is 43.0 Å². The van der Waals surface area contributed by atoms with E-state index in [0.717, 1.165) is 42.9 Å². The highest BCUT2D eigenvalue weighted by Crippen LogP contribution is 2.36. The summed E-state index contributed by atoms with van der Waals surface area (Å²) in [7, 11) is 0. The number of esters is 1. The number of H-pyrrole nitrogens is 1. The Bertz CT molecular complexity index is 1290. The first-order valence-corrected chi connectivity index (χ1v) is 14.7.